The summed E-state index contributed by atoms with van der Waals surface area (Å²) >= 11 is 5.36. The molecule has 1 atom stereocenters. The number of pyridine rings is 1. The molecule has 0 amide bonds. The largest absolute Gasteiger partial charge is 0.366 e. The van der Waals surface area contributed by atoms with Gasteiger partial charge < -0.3 is 5.32 Å². The highest BCUT2D eigenvalue weighted by atomic mass is 79.9. The van der Waals surface area contributed by atoms with Crippen molar-refractivity contribution >= 4 is 33.1 Å². The van der Waals surface area contributed by atoms with Crippen LogP contribution in [0.1, 0.15) is 17.4 Å². The van der Waals surface area contributed by atoms with Crippen molar-refractivity contribution in [2.24, 2.45) is 0 Å². The van der Waals surface area contributed by atoms with Gasteiger partial charge in [0.25, 0.3) is 0 Å². The molecule has 1 N–H and O–H groups in total. The molecule has 0 saturated carbocycles. The third kappa shape index (κ3) is 3.30. The standard InChI is InChI=1S/C13H15BrN2S/c1-9-5-6-15-13(12(9)14)16-10(2)8-11-4-3-7-17-11/h3-7,10H,8H2,1-2H3,(H,15,16). The van der Waals surface area contributed by atoms with Crippen molar-refractivity contribution in [1.29, 1.82) is 0 Å². The Morgan fingerprint density at radius 1 is 1.47 bits per heavy atom. The van der Waals surface area contributed by atoms with Crippen LogP contribution in [0, 0.1) is 6.92 Å². The number of anilines is 1. The van der Waals surface area contributed by atoms with Gasteiger partial charge in [-0.3, -0.25) is 0 Å². The summed E-state index contributed by atoms with van der Waals surface area (Å²) in [4.78, 5) is 5.75. The molecule has 0 aromatic carbocycles. The Kier molecular flexibility index (Phi) is 4.18. The first-order chi connectivity index (χ1) is 8.16. The normalized spacial score (nSPS) is 12.4. The van der Waals surface area contributed by atoms with Crippen molar-refractivity contribution in [3.63, 3.8) is 0 Å². The second kappa shape index (κ2) is 5.65. The molecule has 2 aromatic heterocycles. The van der Waals surface area contributed by atoms with Gasteiger partial charge in [-0.05, 0) is 52.9 Å². The van der Waals surface area contributed by atoms with Crippen molar-refractivity contribution in [2.45, 2.75) is 26.3 Å². The molecule has 2 nitrogen and oxygen atoms in total. The molecule has 90 valence electrons. The predicted molar refractivity (Wildman–Crippen MR) is 77.8 cm³/mol. The monoisotopic (exact) mass is 310 g/mol. The Balaban J connectivity index is 2.03. The summed E-state index contributed by atoms with van der Waals surface area (Å²) in [6, 6.07) is 6.63. The van der Waals surface area contributed by atoms with E-state index in [0.29, 0.717) is 6.04 Å². The first-order valence-corrected chi connectivity index (χ1v) is 7.24. The van der Waals surface area contributed by atoms with E-state index in [1.165, 1.54) is 10.4 Å². The van der Waals surface area contributed by atoms with E-state index in [4.69, 9.17) is 0 Å². The highest BCUT2D eigenvalue weighted by molar-refractivity contribution is 9.10. The van der Waals surface area contributed by atoms with Gasteiger partial charge in [-0.2, -0.15) is 0 Å². The van der Waals surface area contributed by atoms with Crippen LogP contribution in [0.4, 0.5) is 5.82 Å². The summed E-state index contributed by atoms with van der Waals surface area (Å²) < 4.78 is 1.05. The van der Waals surface area contributed by atoms with E-state index in [0.717, 1.165) is 16.7 Å². The lowest BCUT2D eigenvalue weighted by atomic mass is 10.2. The van der Waals surface area contributed by atoms with E-state index in [9.17, 15) is 0 Å². The van der Waals surface area contributed by atoms with E-state index >= 15 is 0 Å². The number of aryl methyl sites for hydroxylation is 1. The van der Waals surface area contributed by atoms with E-state index in [2.05, 4.69) is 57.6 Å². The molecule has 0 spiro atoms. The molecule has 0 aliphatic carbocycles. The fourth-order valence-electron chi connectivity index (χ4n) is 1.66. The number of thiophene rings is 1. The fraction of sp³-hybridized carbons (Fsp3) is 0.308. The molecule has 17 heavy (non-hydrogen) atoms. The lowest BCUT2D eigenvalue weighted by Crippen LogP contribution is -2.18. The Morgan fingerprint density at radius 2 is 2.29 bits per heavy atom. The maximum Gasteiger partial charge on any atom is 0.140 e. The van der Waals surface area contributed by atoms with E-state index in [1.54, 1.807) is 11.3 Å². The number of aromatic nitrogens is 1. The van der Waals surface area contributed by atoms with Crippen LogP contribution in [0.3, 0.4) is 0 Å². The third-order valence-electron chi connectivity index (χ3n) is 2.55. The summed E-state index contributed by atoms with van der Waals surface area (Å²) in [6.07, 6.45) is 2.86. The molecule has 0 radical (unpaired) electrons. The van der Waals surface area contributed by atoms with E-state index in [-0.39, 0.29) is 0 Å². The van der Waals surface area contributed by atoms with Crippen LogP contribution in [-0.4, -0.2) is 11.0 Å². The Hall–Kier alpha value is -0.870. The summed E-state index contributed by atoms with van der Waals surface area (Å²) in [5, 5.41) is 5.55. The van der Waals surface area contributed by atoms with Crippen molar-refractivity contribution < 1.29 is 0 Å². The minimum absolute atomic E-state index is 0.374. The molecule has 0 bridgehead atoms. The van der Waals surface area contributed by atoms with Gasteiger partial charge >= 0.3 is 0 Å². The summed E-state index contributed by atoms with van der Waals surface area (Å²) in [5.41, 5.74) is 1.20. The summed E-state index contributed by atoms with van der Waals surface area (Å²) in [6.45, 7) is 4.25. The van der Waals surface area contributed by atoms with Crippen molar-refractivity contribution in [3.8, 4) is 0 Å². The van der Waals surface area contributed by atoms with Crippen molar-refractivity contribution in [3.05, 3.63) is 44.7 Å². The van der Waals surface area contributed by atoms with Crippen LogP contribution >= 0.6 is 27.3 Å². The molecule has 2 rings (SSSR count). The number of hydrogen-bond donors (Lipinski definition) is 1. The van der Waals surface area contributed by atoms with Crippen LogP contribution in [0.5, 0.6) is 0 Å². The number of hydrogen-bond acceptors (Lipinski definition) is 3. The molecule has 2 heterocycles. The third-order valence-corrected chi connectivity index (χ3v) is 4.45. The maximum atomic E-state index is 4.35. The van der Waals surface area contributed by atoms with Gasteiger partial charge in [0.05, 0.1) is 4.47 Å². The quantitative estimate of drug-likeness (QED) is 0.912. The molecular formula is C13H15BrN2S. The maximum absolute atomic E-state index is 4.35. The van der Waals surface area contributed by atoms with Gasteiger partial charge in [0.15, 0.2) is 0 Å². The van der Waals surface area contributed by atoms with Crippen molar-refractivity contribution in [2.75, 3.05) is 5.32 Å². The number of halogens is 1. The Bertz CT molecular complexity index is 482. The number of nitrogens with one attached hydrogen (secondary N) is 1. The predicted octanol–water partition coefficient (Wildman–Crippen LogP) is 4.26. The minimum atomic E-state index is 0.374. The second-order valence-electron chi connectivity index (χ2n) is 4.12. The van der Waals surface area contributed by atoms with Gasteiger partial charge in [0.1, 0.15) is 5.82 Å². The second-order valence-corrected chi connectivity index (χ2v) is 5.94. The number of rotatable bonds is 4. The van der Waals surface area contributed by atoms with E-state index < -0.39 is 0 Å². The minimum Gasteiger partial charge on any atom is -0.366 e. The van der Waals surface area contributed by atoms with Gasteiger partial charge in [-0.1, -0.05) is 6.07 Å². The lowest BCUT2D eigenvalue weighted by molar-refractivity contribution is 0.793. The molecule has 4 heteroatoms. The van der Waals surface area contributed by atoms with Crippen LogP contribution in [0.2, 0.25) is 0 Å². The van der Waals surface area contributed by atoms with Crippen LogP contribution in [0.15, 0.2) is 34.2 Å². The zero-order chi connectivity index (χ0) is 12.3. The van der Waals surface area contributed by atoms with Gasteiger partial charge in [-0.25, -0.2) is 4.98 Å². The molecular weight excluding hydrogens is 296 g/mol. The van der Waals surface area contributed by atoms with Gasteiger partial charge in [0.2, 0.25) is 0 Å². The highest BCUT2D eigenvalue weighted by Gasteiger charge is 2.08. The molecule has 1 unspecified atom stereocenters. The molecule has 0 aliphatic rings. The van der Waals surface area contributed by atoms with Crippen molar-refractivity contribution in [1.82, 2.24) is 4.98 Å². The average molecular weight is 311 g/mol. The summed E-state index contributed by atoms with van der Waals surface area (Å²) in [7, 11) is 0. The van der Waals surface area contributed by atoms with Crippen LogP contribution in [-0.2, 0) is 6.42 Å². The first-order valence-electron chi connectivity index (χ1n) is 5.57. The fourth-order valence-corrected chi connectivity index (χ4v) is 2.84. The highest BCUT2D eigenvalue weighted by Crippen LogP contribution is 2.24. The first kappa shape index (κ1) is 12.6. The Morgan fingerprint density at radius 3 is 3.00 bits per heavy atom. The van der Waals surface area contributed by atoms with Gasteiger partial charge in [0, 0.05) is 23.5 Å². The topological polar surface area (TPSA) is 24.9 Å². The Labute approximate surface area is 114 Å². The molecule has 0 fully saturated rings. The lowest BCUT2D eigenvalue weighted by Gasteiger charge is -2.15. The van der Waals surface area contributed by atoms with Gasteiger partial charge in [-0.15, -0.1) is 11.3 Å². The smallest absolute Gasteiger partial charge is 0.140 e. The average Bonchev–Trinajstić information content (AvgIpc) is 2.77. The SMILES string of the molecule is Cc1ccnc(NC(C)Cc2cccs2)c1Br. The zero-order valence-corrected chi connectivity index (χ0v) is 12.3. The zero-order valence-electron chi connectivity index (χ0n) is 9.90. The van der Waals surface area contributed by atoms with E-state index in [1.807, 2.05) is 12.3 Å². The van der Waals surface area contributed by atoms with Crippen LogP contribution < -0.4 is 5.32 Å². The molecule has 0 saturated heterocycles. The number of nitrogens with zero attached hydrogens (tertiary/aromatic N) is 1. The van der Waals surface area contributed by atoms with Crippen LogP contribution in [0.25, 0.3) is 0 Å². The summed E-state index contributed by atoms with van der Waals surface area (Å²) in [5.74, 6) is 0.925. The molecule has 0 aliphatic heterocycles. The molecule has 2 aromatic rings.